The number of primary amides is 1. The Hall–Kier alpha value is -1.50. The Kier molecular flexibility index (Phi) is 3.60. The van der Waals surface area contributed by atoms with E-state index < -0.39 is 30.4 Å². The third-order valence-corrected chi connectivity index (χ3v) is 3.14. The summed E-state index contributed by atoms with van der Waals surface area (Å²) in [6.07, 6.45) is 0.698. The van der Waals surface area contributed by atoms with Gasteiger partial charge in [-0.25, -0.2) is 0 Å². The van der Waals surface area contributed by atoms with Gasteiger partial charge in [0.15, 0.2) is 18.5 Å². The molecular weight excluding hydrogens is 236 g/mol. The van der Waals surface area contributed by atoms with Crippen molar-refractivity contribution in [1.82, 2.24) is 0 Å². The van der Waals surface area contributed by atoms with Gasteiger partial charge >= 0.3 is 0 Å². The first kappa shape index (κ1) is 12.9. The summed E-state index contributed by atoms with van der Waals surface area (Å²) in [4.78, 5) is 11.1. The molecule has 2 rings (SSSR count). The molecule has 6 nitrogen and oxygen atoms in total. The van der Waals surface area contributed by atoms with Gasteiger partial charge in [0.1, 0.15) is 11.7 Å². The van der Waals surface area contributed by atoms with Gasteiger partial charge in [-0.2, -0.15) is 4.57 Å². The minimum absolute atomic E-state index is 0.322. The van der Waals surface area contributed by atoms with Gasteiger partial charge in [0.25, 0.3) is 12.1 Å². The molecule has 1 amide bonds. The highest BCUT2D eigenvalue weighted by atomic mass is 16.6. The number of hydrogen-bond acceptors (Lipinski definition) is 4. The molecule has 0 aliphatic carbocycles. The Labute approximate surface area is 105 Å². The van der Waals surface area contributed by atoms with Crippen LogP contribution in [0.3, 0.4) is 0 Å². The van der Waals surface area contributed by atoms with Crippen LogP contribution in [0.5, 0.6) is 0 Å². The normalized spacial score (nSPS) is 31.5. The highest BCUT2D eigenvalue weighted by Gasteiger charge is 2.47. The summed E-state index contributed by atoms with van der Waals surface area (Å²) >= 11 is 0. The maximum absolute atomic E-state index is 11.1. The molecule has 18 heavy (non-hydrogen) atoms. The van der Waals surface area contributed by atoms with E-state index >= 15 is 0 Å². The van der Waals surface area contributed by atoms with Crippen molar-refractivity contribution >= 4 is 5.91 Å². The van der Waals surface area contributed by atoms with E-state index in [0.717, 1.165) is 0 Å². The van der Waals surface area contributed by atoms with Gasteiger partial charge in [-0.05, 0) is 12.5 Å². The molecule has 0 radical (unpaired) electrons. The molecule has 4 atom stereocenters. The summed E-state index contributed by atoms with van der Waals surface area (Å²) in [7, 11) is 0. The molecule has 1 aromatic heterocycles. The lowest BCUT2D eigenvalue weighted by atomic mass is 10.1. The Balaban J connectivity index is 2.27. The first-order chi connectivity index (χ1) is 8.54. The molecule has 1 saturated heterocycles. The van der Waals surface area contributed by atoms with Crippen LogP contribution in [-0.4, -0.2) is 34.4 Å². The Morgan fingerprint density at radius 1 is 1.50 bits per heavy atom. The van der Waals surface area contributed by atoms with Crippen molar-refractivity contribution < 1.29 is 24.3 Å². The Morgan fingerprint density at radius 2 is 2.22 bits per heavy atom. The SMILES string of the molecule is CC[C@H]1O[C@@H]([n+]2cccc(C(N)=O)c2)[C@H](O)[C@@H]1O. The van der Waals surface area contributed by atoms with E-state index in [-0.39, 0.29) is 0 Å². The van der Waals surface area contributed by atoms with Crippen LogP contribution < -0.4 is 10.3 Å². The Morgan fingerprint density at radius 3 is 2.78 bits per heavy atom. The molecule has 0 bridgehead atoms. The molecule has 0 aromatic carbocycles. The van der Waals surface area contributed by atoms with Gasteiger partial charge in [-0.3, -0.25) is 4.79 Å². The van der Waals surface area contributed by atoms with E-state index in [4.69, 9.17) is 10.5 Å². The lowest BCUT2D eigenvalue weighted by Crippen LogP contribution is -2.46. The largest absolute Gasteiger partial charge is 0.387 e. The molecule has 4 N–H and O–H groups in total. The second-order valence-corrected chi connectivity index (χ2v) is 4.36. The van der Waals surface area contributed by atoms with Gasteiger partial charge in [-0.1, -0.05) is 6.92 Å². The van der Waals surface area contributed by atoms with Crippen molar-refractivity contribution in [3.63, 3.8) is 0 Å². The summed E-state index contributed by atoms with van der Waals surface area (Å²) in [6.45, 7) is 1.87. The third kappa shape index (κ3) is 2.22. The summed E-state index contributed by atoms with van der Waals surface area (Å²) in [5.74, 6) is -0.551. The van der Waals surface area contributed by atoms with E-state index in [9.17, 15) is 15.0 Å². The lowest BCUT2D eigenvalue weighted by molar-refractivity contribution is -0.765. The number of aliphatic hydroxyl groups is 2. The van der Waals surface area contributed by atoms with Crippen molar-refractivity contribution in [3.8, 4) is 0 Å². The van der Waals surface area contributed by atoms with Crippen molar-refractivity contribution in [1.29, 1.82) is 0 Å². The summed E-state index contributed by atoms with van der Waals surface area (Å²) in [5.41, 5.74) is 5.51. The van der Waals surface area contributed by atoms with Gasteiger partial charge in [0.2, 0.25) is 0 Å². The van der Waals surface area contributed by atoms with E-state index in [1.807, 2.05) is 6.92 Å². The van der Waals surface area contributed by atoms with Crippen molar-refractivity contribution in [2.45, 2.75) is 37.9 Å². The summed E-state index contributed by atoms with van der Waals surface area (Å²) < 4.78 is 7.11. The predicted molar refractivity (Wildman–Crippen MR) is 61.4 cm³/mol. The second-order valence-electron chi connectivity index (χ2n) is 4.36. The van der Waals surface area contributed by atoms with Crippen molar-refractivity contribution in [2.75, 3.05) is 0 Å². The third-order valence-electron chi connectivity index (χ3n) is 3.14. The number of nitrogens with zero attached hydrogens (tertiary/aromatic N) is 1. The van der Waals surface area contributed by atoms with Crippen LogP contribution >= 0.6 is 0 Å². The maximum atomic E-state index is 11.1. The first-order valence-corrected chi connectivity index (χ1v) is 5.86. The van der Waals surface area contributed by atoms with Gasteiger partial charge in [-0.15, -0.1) is 0 Å². The molecule has 6 heteroatoms. The van der Waals surface area contributed by atoms with Crippen molar-refractivity contribution in [2.24, 2.45) is 5.73 Å². The summed E-state index contributed by atoms with van der Waals surface area (Å²) in [5, 5.41) is 19.7. The highest BCUT2D eigenvalue weighted by molar-refractivity contribution is 5.92. The van der Waals surface area contributed by atoms with Crippen LogP contribution in [0.1, 0.15) is 29.9 Å². The maximum Gasteiger partial charge on any atom is 0.291 e. The molecule has 1 aliphatic heterocycles. The minimum Gasteiger partial charge on any atom is -0.387 e. The number of pyridine rings is 1. The number of hydrogen-bond donors (Lipinski definition) is 3. The number of carbonyl (C=O) groups excluding carboxylic acids is 1. The van der Waals surface area contributed by atoms with E-state index in [0.29, 0.717) is 12.0 Å². The highest BCUT2D eigenvalue weighted by Crippen LogP contribution is 2.27. The molecule has 1 aromatic rings. The number of nitrogens with two attached hydrogens (primary N) is 1. The second kappa shape index (κ2) is 5.01. The molecule has 98 valence electrons. The molecule has 0 spiro atoms. The molecule has 1 fully saturated rings. The van der Waals surface area contributed by atoms with Crippen LogP contribution in [0, 0.1) is 0 Å². The zero-order chi connectivity index (χ0) is 13.3. The molecule has 2 heterocycles. The van der Waals surface area contributed by atoms with Crippen LogP contribution in [0.25, 0.3) is 0 Å². The molecule has 0 unspecified atom stereocenters. The van der Waals surface area contributed by atoms with E-state index in [1.54, 1.807) is 22.9 Å². The van der Waals surface area contributed by atoms with E-state index in [1.165, 1.54) is 6.20 Å². The standard InChI is InChI=1S/C12H16N2O4/c1-2-8-9(15)10(16)12(18-8)14-5-3-4-7(6-14)11(13)17/h3-6,8-10,12,15-16H,2H2,1H3,(H-,13,17)/p+1/t8-,9-,10-,12-/m1/s1. The number of ether oxygens (including phenoxy) is 1. The molecule has 1 aliphatic rings. The van der Waals surface area contributed by atoms with Crippen molar-refractivity contribution in [3.05, 3.63) is 30.1 Å². The smallest absolute Gasteiger partial charge is 0.291 e. The average molecular weight is 253 g/mol. The average Bonchev–Trinajstić information content (AvgIpc) is 2.66. The lowest BCUT2D eigenvalue weighted by Gasteiger charge is -2.10. The Bertz CT molecular complexity index is 451. The van der Waals surface area contributed by atoms with Crippen LogP contribution in [0.4, 0.5) is 0 Å². The number of rotatable bonds is 3. The summed E-state index contributed by atoms with van der Waals surface area (Å²) in [6, 6.07) is 3.22. The fraction of sp³-hybridized carbons (Fsp3) is 0.500. The van der Waals surface area contributed by atoms with Crippen LogP contribution in [-0.2, 0) is 4.74 Å². The van der Waals surface area contributed by atoms with Gasteiger partial charge < -0.3 is 20.7 Å². The zero-order valence-electron chi connectivity index (χ0n) is 10.1. The fourth-order valence-corrected chi connectivity index (χ4v) is 2.11. The first-order valence-electron chi connectivity index (χ1n) is 5.86. The van der Waals surface area contributed by atoms with E-state index in [2.05, 4.69) is 0 Å². The predicted octanol–water partition coefficient (Wildman–Crippen LogP) is -0.898. The van der Waals surface area contributed by atoms with Gasteiger partial charge in [0, 0.05) is 6.07 Å². The monoisotopic (exact) mass is 253 g/mol. The number of aliphatic hydroxyl groups excluding tert-OH is 2. The number of amides is 1. The molecule has 0 saturated carbocycles. The van der Waals surface area contributed by atoms with Gasteiger partial charge in [0.05, 0.1) is 6.10 Å². The number of carbonyl (C=O) groups is 1. The zero-order valence-corrected chi connectivity index (χ0v) is 10.1. The van der Waals surface area contributed by atoms with Crippen LogP contribution in [0.15, 0.2) is 24.5 Å². The molecular formula is C12H17N2O4+. The topological polar surface area (TPSA) is 96.7 Å². The quantitative estimate of drug-likeness (QED) is 0.608. The van der Waals surface area contributed by atoms with Crippen LogP contribution in [0.2, 0.25) is 0 Å². The fourth-order valence-electron chi connectivity index (χ4n) is 2.11. The minimum atomic E-state index is -1.02. The number of aromatic nitrogens is 1.